The van der Waals surface area contributed by atoms with Crippen LogP contribution in [0.15, 0.2) is 105 Å². The number of nitrogens with one attached hydrogen (secondary N) is 2. The third-order valence-corrected chi connectivity index (χ3v) is 9.06. The molecule has 2 aliphatic heterocycles. The lowest BCUT2D eigenvalue weighted by Crippen LogP contribution is -2.53. The van der Waals surface area contributed by atoms with E-state index in [1.165, 1.54) is 0 Å². The molecule has 6 rings (SSSR count). The van der Waals surface area contributed by atoms with Gasteiger partial charge < -0.3 is 24.1 Å². The van der Waals surface area contributed by atoms with Crippen molar-refractivity contribution in [1.29, 1.82) is 0 Å². The van der Waals surface area contributed by atoms with Crippen molar-refractivity contribution in [1.82, 2.24) is 10.9 Å². The summed E-state index contributed by atoms with van der Waals surface area (Å²) < 4.78 is 24.9. The second-order valence-corrected chi connectivity index (χ2v) is 12.3. The fraction of sp³-hybridized carbons (Fsp3) is 0.235. The number of nitrogens with zero attached hydrogens (tertiary/aromatic N) is 1. The fourth-order valence-corrected chi connectivity index (χ4v) is 6.18. The van der Waals surface area contributed by atoms with E-state index in [9.17, 15) is 4.79 Å². The molecule has 0 unspecified atom stereocenters. The molecular weight excluding hydrogens is 706 g/mol. The number of hydrazine groups is 1. The molecule has 4 aromatic rings. The molecule has 4 aromatic carbocycles. The monoisotopic (exact) mass is 735 g/mol. The van der Waals surface area contributed by atoms with E-state index >= 15 is 0 Å². The first kappa shape index (κ1) is 31.1. The second kappa shape index (κ2) is 14.0. The summed E-state index contributed by atoms with van der Waals surface area (Å²) in [5, 5.41) is 9.07. The van der Waals surface area contributed by atoms with Gasteiger partial charge in [0.2, 0.25) is 12.7 Å². The number of amides is 1. The predicted octanol–water partition coefficient (Wildman–Crippen LogP) is 6.02. The van der Waals surface area contributed by atoms with Crippen LogP contribution in [0.1, 0.15) is 34.8 Å². The van der Waals surface area contributed by atoms with E-state index < -0.39 is 11.6 Å². The van der Waals surface area contributed by atoms with Crippen molar-refractivity contribution in [2.45, 2.75) is 31.0 Å². The molecule has 0 bridgehead atoms. The molecule has 11 heteroatoms. The normalized spacial score (nSPS) is 18.3. The molecule has 3 N–H and O–H groups in total. The Morgan fingerprint density at radius 3 is 2.49 bits per heavy atom. The summed E-state index contributed by atoms with van der Waals surface area (Å²) in [6.07, 6.45) is 0.0349. The van der Waals surface area contributed by atoms with Crippen LogP contribution in [0.4, 0.5) is 0 Å². The molecule has 0 saturated heterocycles. The lowest BCUT2D eigenvalue weighted by Gasteiger charge is -2.31. The van der Waals surface area contributed by atoms with Crippen LogP contribution in [0.2, 0.25) is 0 Å². The third-order valence-electron chi connectivity index (χ3n) is 7.57. The summed E-state index contributed by atoms with van der Waals surface area (Å²) in [6, 6.07) is 28.5. The summed E-state index contributed by atoms with van der Waals surface area (Å²) in [4.78, 5) is 19.6. The van der Waals surface area contributed by atoms with Crippen LogP contribution in [0.5, 0.6) is 17.2 Å². The van der Waals surface area contributed by atoms with Gasteiger partial charge in [-0.05, 0) is 59.7 Å². The molecule has 2 atom stereocenters. The number of hydrogen-bond acceptors (Lipinski definition) is 8. The number of rotatable bonds is 12. The average Bonchev–Trinajstić information content (AvgIpc) is 3.68. The standard InChI is InChI=1S/C34H31Br2N3O6/c35-27-8-3-1-6-24(27)19-34(33(41)39-37-20-22-10-15-29-30(18-22)44-21-43-29)31(26-7-2-4-9-28(26)36)45-32(38-34)23-11-13-25(14-12-23)42-17-5-16-40/h1-4,6-15,18,31,37,40H,5,16-17,19-21H2,(H,39,41)/t31-,34-/m0/s1. The summed E-state index contributed by atoms with van der Waals surface area (Å²) >= 11 is 7.36. The molecule has 2 aliphatic rings. The van der Waals surface area contributed by atoms with Gasteiger partial charge in [-0.25, -0.2) is 10.4 Å². The number of hydrogen-bond donors (Lipinski definition) is 3. The van der Waals surface area contributed by atoms with Gasteiger partial charge in [0.15, 0.2) is 23.1 Å². The largest absolute Gasteiger partial charge is 0.494 e. The zero-order valence-corrected chi connectivity index (χ0v) is 27.3. The number of aliphatic hydroxyl groups excluding tert-OH is 1. The van der Waals surface area contributed by atoms with Crippen LogP contribution in [-0.2, 0) is 22.5 Å². The van der Waals surface area contributed by atoms with Gasteiger partial charge >= 0.3 is 0 Å². The average molecular weight is 737 g/mol. The Hall–Kier alpha value is -3.90. The van der Waals surface area contributed by atoms with Gasteiger partial charge in [0.25, 0.3) is 5.91 Å². The first-order valence-corrected chi connectivity index (χ1v) is 16.1. The summed E-state index contributed by atoms with van der Waals surface area (Å²) in [5.41, 5.74) is 7.94. The molecular formula is C34H31Br2N3O6. The molecule has 0 aromatic heterocycles. The van der Waals surface area contributed by atoms with E-state index in [1.54, 1.807) is 0 Å². The Labute approximate surface area is 277 Å². The van der Waals surface area contributed by atoms with Crippen LogP contribution in [0, 0.1) is 0 Å². The quantitative estimate of drug-likeness (QED) is 0.121. The van der Waals surface area contributed by atoms with E-state index in [4.69, 9.17) is 29.0 Å². The van der Waals surface area contributed by atoms with Gasteiger partial charge in [0.1, 0.15) is 5.75 Å². The number of benzene rings is 4. The molecule has 0 aliphatic carbocycles. The van der Waals surface area contributed by atoms with Crippen molar-refractivity contribution < 1.29 is 28.8 Å². The van der Waals surface area contributed by atoms with Gasteiger partial charge in [-0.2, -0.15) is 0 Å². The Balaban J connectivity index is 1.35. The van der Waals surface area contributed by atoms with Gasteiger partial charge in [-0.15, -0.1) is 0 Å². The minimum Gasteiger partial charge on any atom is -0.494 e. The van der Waals surface area contributed by atoms with Gasteiger partial charge in [0, 0.05) is 46.1 Å². The molecule has 9 nitrogen and oxygen atoms in total. The number of halogens is 2. The van der Waals surface area contributed by atoms with Crippen molar-refractivity contribution >= 4 is 43.7 Å². The summed E-state index contributed by atoms with van der Waals surface area (Å²) in [7, 11) is 0. The maximum atomic E-state index is 14.5. The number of carbonyl (C=O) groups excluding carboxylic acids is 1. The van der Waals surface area contributed by atoms with Crippen molar-refractivity contribution in [2.75, 3.05) is 20.0 Å². The Bertz CT molecular complexity index is 1700. The fourth-order valence-electron chi connectivity index (χ4n) is 5.26. The van der Waals surface area contributed by atoms with E-state index in [-0.39, 0.29) is 25.7 Å². The van der Waals surface area contributed by atoms with Gasteiger partial charge in [-0.3, -0.25) is 10.2 Å². The lowest BCUT2D eigenvalue weighted by atomic mass is 9.82. The molecule has 0 fully saturated rings. The van der Waals surface area contributed by atoms with E-state index in [1.807, 2.05) is 91.0 Å². The van der Waals surface area contributed by atoms with Crippen molar-refractivity contribution in [3.05, 3.63) is 122 Å². The first-order chi connectivity index (χ1) is 22.0. The highest BCUT2D eigenvalue weighted by Crippen LogP contribution is 2.45. The minimum atomic E-state index is -1.39. The maximum Gasteiger partial charge on any atom is 0.266 e. The predicted molar refractivity (Wildman–Crippen MR) is 176 cm³/mol. The van der Waals surface area contributed by atoms with Crippen LogP contribution in [-0.4, -0.2) is 42.5 Å². The molecule has 0 radical (unpaired) electrons. The van der Waals surface area contributed by atoms with Crippen LogP contribution in [0.25, 0.3) is 0 Å². The van der Waals surface area contributed by atoms with Crippen LogP contribution < -0.4 is 25.1 Å². The summed E-state index contributed by atoms with van der Waals surface area (Å²) in [5.74, 6) is 2.02. The third kappa shape index (κ3) is 6.86. The highest BCUT2D eigenvalue weighted by molar-refractivity contribution is 9.10. The maximum absolute atomic E-state index is 14.5. The number of ether oxygens (including phenoxy) is 4. The topological polar surface area (TPSA) is 111 Å². The highest BCUT2D eigenvalue weighted by Gasteiger charge is 2.54. The van der Waals surface area contributed by atoms with Crippen LogP contribution in [0.3, 0.4) is 0 Å². The minimum absolute atomic E-state index is 0.0619. The molecule has 1 amide bonds. The molecule has 45 heavy (non-hydrogen) atoms. The van der Waals surface area contributed by atoms with Crippen LogP contribution >= 0.6 is 31.9 Å². The molecule has 0 saturated carbocycles. The Morgan fingerprint density at radius 1 is 0.956 bits per heavy atom. The number of aliphatic hydroxyl groups is 1. The second-order valence-electron chi connectivity index (χ2n) is 10.6. The number of fused-ring (bicyclic) bond motifs is 1. The molecule has 2 heterocycles. The van der Waals surface area contributed by atoms with Crippen molar-refractivity contribution in [3.63, 3.8) is 0 Å². The van der Waals surface area contributed by atoms with E-state index in [0.717, 1.165) is 25.6 Å². The Morgan fingerprint density at radius 2 is 1.71 bits per heavy atom. The number of aliphatic imine (C=N–C) groups is 1. The van der Waals surface area contributed by atoms with E-state index in [2.05, 4.69) is 42.7 Å². The number of carbonyl (C=O) groups is 1. The van der Waals surface area contributed by atoms with Crippen molar-refractivity contribution in [2.24, 2.45) is 4.99 Å². The zero-order valence-electron chi connectivity index (χ0n) is 24.2. The Kier molecular flexibility index (Phi) is 9.70. The smallest absolute Gasteiger partial charge is 0.266 e. The van der Waals surface area contributed by atoms with Gasteiger partial charge in [-0.1, -0.05) is 74.3 Å². The van der Waals surface area contributed by atoms with E-state index in [0.29, 0.717) is 48.3 Å². The molecule has 232 valence electrons. The lowest BCUT2D eigenvalue weighted by molar-refractivity contribution is -0.130. The first-order valence-electron chi connectivity index (χ1n) is 14.5. The SMILES string of the molecule is O=C(NNCc1ccc2c(c1)OCO2)[C@@]1(Cc2ccccc2Br)N=C(c2ccc(OCCCO)cc2)O[C@H]1c1ccccc1Br. The van der Waals surface area contributed by atoms with Gasteiger partial charge in [0.05, 0.1) is 6.61 Å². The molecule has 0 spiro atoms. The summed E-state index contributed by atoms with van der Waals surface area (Å²) in [6.45, 7) is 1.01. The zero-order chi connectivity index (χ0) is 31.2. The highest BCUT2D eigenvalue weighted by atomic mass is 79.9. The van der Waals surface area contributed by atoms with Crippen molar-refractivity contribution in [3.8, 4) is 17.2 Å².